The number of nitrogens with one attached hydrogen (secondary N) is 2. The Balaban J connectivity index is 1.73. The van der Waals surface area contributed by atoms with Crippen LogP contribution in [0.1, 0.15) is 25.8 Å². The molecule has 2 rings (SSSR count). The zero-order valence-corrected chi connectivity index (χ0v) is 15.6. The number of nitrogens with zero attached hydrogens (tertiary/aromatic N) is 1. The number of hydrogen-bond donors (Lipinski definition) is 2. The Morgan fingerprint density at radius 1 is 1.04 bits per heavy atom. The second kappa shape index (κ2) is 9.94. The molecule has 134 valence electrons. The summed E-state index contributed by atoms with van der Waals surface area (Å²) in [6.07, 6.45) is 0.419. The highest BCUT2D eigenvalue weighted by atomic mass is 35.5. The molecule has 0 aliphatic heterocycles. The van der Waals surface area contributed by atoms with Crippen LogP contribution >= 0.6 is 11.6 Å². The molecule has 0 spiro atoms. The Labute approximate surface area is 155 Å². The molecular formula is C20H26ClN3O. The Morgan fingerprint density at radius 2 is 1.72 bits per heavy atom. The van der Waals surface area contributed by atoms with Gasteiger partial charge in [-0.2, -0.15) is 0 Å². The molecule has 0 aliphatic rings. The van der Waals surface area contributed by atoms with Gasteiger partial charge in [0, 0.05) is 49.0 Å². The average molecular weight is 360 g/mol. The fourth-order valence-electron chi connectivity index (χ4n) is 2.62. The first-order valence-electron chi connectivity index (χ1n) is 8.73. The van der Waals surface area contributed by atoms with Crippen LogP contribution in [0.25, 0.3) is 0 Å². The maximum Gasteiger partial charge on any atom is 0.222 e. The van der Waals surface area contributed by atoms with Crippen molar-refractivity contribution in [2.45, 2.75) is 26.8 Å². The minimum atomic E-state index is 0.00665. The van der Waals surface area contributed by atoms with Crippen molar-refractivity contribution in [1.29, 1.82) is 0 Å². The van der Waals surface area contributed by atoms with Gasteiger partial charge in [-0.15, -0.1) is 0 Å². The van der Waals surface area contributed by atoms with E-state index in [1.54, 1.807) is 0 Å². The minimum absolute atomic E-state index is 0.00665. The molecule has 0 bridgehead atoms. The summed E-state index contributed by atoms with van der Waals surface area (Å²) in [5.41, 5.74) is 3.17. The Hall–Kier alpha value is -2.20. The van der Waals surface area contributed by atoms with Crippen LogP contribution in [0.3, 0.4) is 0 Å². The van der Waals surface area contributed by atoms with E-state index in [2.05, 4.69) is 53.6 Å². The number of amides is 1. The van der Waals surface area contributed by atoms with E-state index >= 15 is 0 Å². The molecule has 2 aromatic carbocycles. The number of carbonyl (C=O) groups is 1. The predicted octanol–water partition coefficient (Wildman–Crippen LogP) is 4.30. The fraction of sp³-hybridized carbons (Fsp3) is 0.350. The van der Waals surface area contributed by atoms with Crippen LogP contribution < -0.4 is 15.5 Å². The number of anilines is 2. The third-order valence-electron chi connectivity index (χ3n) is 4.11. The molecule has 0 radical (unpaired) electrons. The highest BCUT2D eigenvalue weighted by Crippen LogP contribution is 2.17. The number of halogens is 1. The van der Waals surface area contributed by atoms with E-state index in [9.17, 15) is 4.79 Å². The molecule has 5 heteroatoms. The molecule has 0 saturated carbocycles. The zero-order valence-electron chi connectivity index (χ0n) is 14.9. The van der Waals surface area contributed by atoms with Crippen molar-refractivity contribution >= 4 is 28.9 Å². The van der Waals surface area contributed by atoms with Crippen molar-refractivity contribution in [3.8, 4) is 0 Å². The van der Waals surface area contributed by atoms with E-state index in [4.69, 9.17) is 11.6 Å². The number of hydrogen-bond acceptors (Lipinski definition) is 3. The normalized spacial score (nSPS) is 10.4. The first-order valence-corrected chi connectivity index (χ1v) is 9.10. The zero-order chi connectivity index (χ0) is 18.1. The second-order valence-electron chi connectivity index (χ2n) is 5.76. The lowest BCUT2D eigenvalue weighted by molar-refractivity contribution is -0.121. The Morgan fingerprint density at radius 3 is 2.36 bits per heavy atom. The van der Waals surface area contributed by atoms with Crippen molar-refractivity contribution in [2.24, 2.45) is 0 Å². The van der Waals surface area contributed by atoms with Gasteiger partial charge in [0.25, 0.3) is 0 Å². The van der Waals surface area contributed by atoms with E-state index in [1.165, 1.54) is 5.69 Å². The van der Waals surface area contributed by atoms with Crippen LogP contribution in [0.2, 0.25) is 5.02 Å². The summed E-state index contributed by atoms with van der Waals surface area (Å²) in [5.74, 6) is 0.00665. The molecule has 0 saturated heterocycles. The molecule has 0 atom stereocenters. The number of carbonyl (C=O) groups excluding carboxylic acids is 1. The lowest BCUT2D eigenvalue weighted by atomic mass is 10.2. The monoisotopic (exact) mass is 359 g/mol. The van der Waals surface area contributed by atoms with Crippen LogP contribution in [0, 0.1) is 0 Å². The molecule has 1 amide bonds. The van der Waals surface area contributed by atoms with Crippen LogP contribution in [-0.2, 0) is 11.3 Å². The summed E-state index contributed by atoms with van der Waals surface area (Å²) in [5, 5.41) is 6.85. The summed E-state index contributed by atoms with van der Waals surface area (Å²) in [6.45, 7) is 7.34. The number of benzene rings is 2. The maximum absolute atomic E-state index is 11.9. The van der Waals surface area contributed by atoms with E-state index in [0.717, 1.165) is 24.3 Å². The fourth-order valence-corrected chi connectivity index (χ4v) is 2.83. The molecule has 0 heterocycles. The molecule has 0 unspecified atom stereocenters. The molecule has 0 aromatic heterocycles. The van der Waals surface area contributed by atoms with Crippen molar-refractivity contribution in [1.82, 2.24) is 5.32 Å². The van der Waals surface area contributed by atoms with E-state index in [-0.39, 0.29) is 5.91 Å². The van der Waals surface area contributed by atoms with E-state index in [0.29, 0.717) is 24.5 Å². The van der Waals surface area contributed by atoms with Gasteiger partial charge in [0.15, 0.2) is 0 Å². The predicted molar refractivity (Wildman–Crippen MR) is 106 cm³/mol. The number of rotatable bonds is 9. The lowest BCUT2D eigenvalue weighted by Gasteiger charge is -2.21. The molecule has 0 aliphatic carbocycles. The smallest absolute Gasteiger partial charge is 0.222 e. The van der Waals surface area contributed by atoms with Crippen LogP contribution in [-0.4, -0.2) is 25.5 Å². The van der Waals surface area contributed by atoms with Crippen molar-refractivity contribution < 1.29 is 4.79 Å². The quantitative estimate of drug-likeness (QED) is 0.701. The molecular weight excluding hydrogens is 334 g/mol. The third-order valence-corrected chi connectivity index (χ3v) is 4.48. The van der Waals surface area contributed by atoms with Gasteiger partial charge in [-0.3, -0.25) is 4.79 Å². The summed E-state index contributed by atoms with van der Waals surface area (Å²) >= 11 is 6.08. The largest absolute Gasteiger partial charge is 0.385 e. The molecule has 4 nitrogen and oxygen atoms in total. The highest BCUT2D eigenvalue weighted by molar-refractivity contribution is 6.31. The summed E-state index contributed by atoms with van der Waals surface area (Å²) in [4.78, 5) is 14.2. The molecule has 2 N–H and O–H groups in total. The summed E-state index contributed by atoms with van der Waals surface area (Å²) in [7, 11) is 0. The van der Waals surface area contributed by atoms with Gasteiger partial charge < -0.3 is 15.5 Å². The molecule has 2 aromatic rings. The topological polar surface area (TPSA) is 44.4 Å². The van der Waals surface area contributed by atoms with Crippen LogP contribution in [0.4, 0.5) is 11.4 Å². The van der Waals surface area contributed by atoms with Crippen molar-refractivity contribution in [3.63, 3.8) is 0 Å². The van der Waals surface area contributed by atoms with Crippen LogP contribution in [0.15, 0.2) is 48.5 Å². The summed E-state index contributed by atoms with van der Waals surface area (Å²) in [6, 6.07) is 15.8. The van der Waals surface area contributed by atoms with E-state index < -0.39 is 0 Å². The van der Waals surface area contributed by atoms with Gasteiger partial charge in [-0.25, -0.2) is 0 Å². The van der Waals surface area contributed by atoms with Gasteiger partial charge in [-0.1, -0.05) is 29.8 Å². The Bertz CT molecular complexity index is 669. The average Bonchev–Trinajstić information content (AvgIpc) is 2.63. The van der Waals surface area contributed by atoms with Crippen LogP contribution in [0.5, 0.6) is 0 Å². The van der Waals surface area contributed by atoms with Gasteiger partial charge in [0.1, 0.15) is 0 Å². The summed E-state index contributed by atoms with van der Waals surface area (Å²) < 4.78 is 0. The maximum atomic E-state index is 11.9. The molecule has 25 heavy (non-hydrogen) atoms. The third kappa shape index (κ3) is 5.98. The lowest BCUT2D eigenvalue weighted by Crippen LogP contribution is -2.25. The minimum Gasteiger partial charge on any atom is -0.385 e. The van der Waals surface area contributed by atoms with Gasteiger partial charge in [0.05, 0.1) is 0 Å². The standard InChI is InChI=1S/C20H26ClN3O/c1-3-24(4-2)18-11-9-17(10-12-18)22-14-13-20(25)23-15-16-7-5-6-8-19(16)21/h5-12,22H,3-4,13-15H2,1-2H3,(H,23,25). The van der Waals surface area contributed by atoms with E-state index in [1.807, 2.05) is 24.3 Å². The van der Waals surface area contributed by atoms with Crippen molar-refractivity contribution in [3.05, 3.63) is 59.1 Å². The van der Waals surface area contributed by atoms with Gasteiger partial charge in [-0.05, 0) is 49.7 Å². The molecule has 0 fully saturated rings. The first-order chi connectivity index (χ1) is 12.1. The highest BCUT2D eigenvalue weighted by Gasteiger charge is 2.04. The SMILES string of the molecule is CCN(CC)c1ccc(NCCC(=O)NCc2ccccc2Cl)cc1. The van der Waals surface area contributed by atoms with Gasteiger partial charge in [0.2, 0.25) is 5.91 Å². The first kappa shape index (κ1) is 19.1. The van der Waals surface area contributed by atoms with Crippen molar-refractivity contribution in [2.75, 3.05) is 29.9 Å². The van der Waals surface area contributed by atoms with Gasteiger partial charge >= 0.3 is 0 Å². The Kier molecular flexibility index (Phi) is 7.61. The second-order valence-corrected chi connectivity index (χ2v) is 6.17.